The van der Waals surface area contributed by atoms with Crippen molar-refractivity contribution in [3.63, 3.8) is 0 Å². The van der Waals surface area contributed by atoms with Crippen LogP contribution in [0.2, 0.25) is 0 Å². The molecule has 0 aliphatic carbocycles. The third-order valence-corrected chi connectivity index (χ3v) is 7.38. The highest BCUT2D eigenvalue weighted by molar-refractivity contribution is 4.61. The lowest BCUT2D eigenvalue weighted by atomic mass is 9.90. The van der Waals surface area contributed by atoms with E-state index in [0.29, 0.717) is 0 Å². The molecule has 0 spiro atoms. The van der Waals surface area contributed by atoms with E-state index in [9.17, 15) is 0 Å². The summed E-state index contributed by atoms with van der Waals surface area (Å²) < 4.78 is 0. The van der Waals surface area contributed by atoms with Crippen LogP contribution < -0.4 is 0 Å². The second-order valence-corrected chi connectivity index (χ2v) is 10.7. The largest absolute Gasteiger partial charge is 0.0654 e. The highest BCUT2D eigenvalue weighted by Gasteiger charge is 2.07. The first-order chi connectivity index (χ1) is 15.3. The van der Waals surface area contributed by atoms with Crippen molar-refractivity contribution in [2.24, 2.45) is 5.92 Å². The van der Waals surface area contributed by atoms with Gasteiger partial charge in [0.2, 0.25) is 0 Å². The fraction of sp³-hybridized carbons (Fsp3) is 1.00. The first-order valence-electron chi connectivity index (χ1n) is 15.3. The Balaban J connectivity index is 3.38. The van der Waals surface area contributed by atoms with Gasteiger partial charge in [-0.15, -0.1) is 0 Å². The molecule has 0 saturated heterocycles. The summed E-state index contributed by atoms with van der Waals surface area (Å²) in [6.07, 6.45) is 39.8. The van der Waals surface area contributed by atoms with Crippen molar-refractivity contribution in [2.45, 2.75) is 194 Å². The molecule has 0 saturated carbocycles. The molecule has 1 unspecified atom stereocenters. The summed E-state index contributed by atoms with van der Waals surface area (Å²) in [5, 5.41) is 0. The van der Waals surface area contributed by atoms with Gasteiger partial charge in [0.25, 0.3) is 0 Å². The molecular weight excluding hydrogens is 372 g/mol. The van der Waals surface area contributed by atoms with E-state index in [2.05, 4.69) is 20.8 Å². The van der Waals surface area contributed by atoms with Crippen LogP contribution in [-0.2, 0) is 0 Å². The standard InChI is InChI=1S/C31H64/c1-4-7-9-11-13-15-17-18-19-21-23-25-27-30-31(28-6-3)29-26-24-22-20-16-14-12-10-8-5-2/h31H,4-30H2,1-3H3. The number of hydrogen-bond acceptors (Lipinski definition) is 0. The summed E-state index contributed by atoms with van der Waals surface area (Å²) in [7, 11) is 0. The fourth-order valence-electron chi connectivity index (χ4n) is 5.21. The van der Waals surface area contributed by atoms with Crippen molar-refractivity contribution < 1.29 is 0 Å². The number of unbranched alkanes of at least 4 members (excludes halogenated alkanes) is 21. The van der Waals surface area contributed by atoms with Crippen molar-refractivity contribution in [1.29, 1.82) is 0 Å². The van der Waals surface area contributed by atoms with Crippen molar-refractivity contribution >= 4 is 0 Å². The molecule has 1 atom stereocenters. The molecular formula is C31H64. The quantitative estimate of drug-likeness (QED) is 0.112. The van der Waals surface area contributed by atoms with Gasteiger partial charge in [0.15, 0.2) is 0 Å². The van der Waals surface area contributed by atoms with E-state index in [0.717, 1.165) is 5.92 Å². The second-order valence-electron chi connectivity index (χ2n) is 10.7. The Bertz CT molecular complexity index is 294. The highest BCUT2D eigenvalue weighted by atomic mass is 14.1. The first kappa shape index (κ1) is 31.0. The third-order valence-electron chi connectivity index (χ3n) is 7.38. The van der Waals surface area contributed by atoms with Gasteiger partial charge in [-0.2, -0.15) is 0 Å². The van der Waals surface area contributed by atoms with Gasteiger partial charge < -0.3 is 0 Å². The molecule has 188 valence electrons. The topological polar surface area (TPSA) is 0 Å². The zero-order valence-corrected chi connectivity index (χ0v) is 22.7. The molecule has 0 bridgehead atoms. The van der Waals surface area contributed by atoms with Crippen molar-refractivity contribution in [3.05, 3.63) is 0 Å². The predicted molar refractivity (Wildman–Crippen MR) is 145 cm³/mol. The molecule has 0 aromatic heterocycles. The van der Waals surface area contributed by atoms with Crippen molar-refractivity contribution in [1.82, 2.24) is 0 Å². The smallest absolute Gasteiger partial charge is 0.0414 e. The third kappa shape index (κ3) is 26.1. The van der Waals surface area contributed by atoms with Gasteiger partial charge in [-0.05, 0) is 5.92 Å². The molecule has 0 rings (SSSR count). The summed E-state index contributed by atoms with van der Waals surface area (Å²) in [5.41, 5.74) is 0. The Hall–Kier alpha value is 0. The average molecular weight is 437 g/mol. The van der Waals surface area contributed by atoms with Crippen molar-refractivity contribution in [2.75, 3.05) is 0 Å². The van der Waals surface area contributed by atoms with Gasteiger partial charge in [-0.25, -0.2) is 0 Å². The second kappa shape index (κ2) is 28.0. The van der Waals surface area contributed by atoms with E-state index in [-0.39, 0.29) is 0 Å². The minimum atomic E-state index is 1.03. The van der Waals surface area contributed by atoms with E-state index in [1.165, 1.54) is 173 Å². The Morgan fingerprint density at radius 3 is 0.774 bits per heavy atom. The SMILES string of the molecule is CCCCCCCCCCCCCCCC(CCC)CCCCCCCCCCCC. The summed E-state index contributed by atoms with van der Waals surface area (Å²) in [4.78, 5) is 0. The lowest BCUT2D eigenvalue weighted by Gasteiger charge is -2.16. The minimum absolute atomic E-state index is 1.03. The lowest BCUT2D eigenvalue weighted by Crippen LogP contribution is -2.00. The number of hydrogen-bond donors (Lipinski definition) is 0. The molecule has 0 heterocycles. The molecule has 0 radical (unpaired) electrons. The summed E-state index contributed by atoms with van der Waals surface area (Å²) in [6, 6.07) is 0. The van der Waals surface area contributed by atoms with Crippen LogP contribution in [0.1, 0.15) is 194 Å². The molecule has 31 heavy (non-hydrogen) atoms. The Labute approximate surface area is 200 Å². The first-order valence-corrected chi connectivity index (χ1v) is 15.3. The van der Waals surface area contributed by atoms with Crippen molar-refractivity contribution in [3.8, 4) is 0 Å². The average Bonchev–Trinajstić information content (AvgIpc) is 2.78. The van der Waals surface area contributed by atoms with Crippen LogP contribution in [-0.4, -0.2) is 0 Å². The van der Waals surface area contributed by atoms with E-state index >= 15 is 0 Å². The maximum absolute atomic E-state index is 2.38. The molecule has 0 fully saturated rings. The molecule has 0 aliphatic heterocycles. The lowest BCUT2D eigenvalue weighted by molar-refractivity contribution is 0.376. The van der Waals surface area contributed by atoms with Crippen LogP contribution in [0, 0.1) is 5.92 Å². The summed E-state index contributed by atoms with van der Waals surface area (Å²) in [5.74, 6) is 1.03. The van der Waals surface area contributed by atoms with Gasteiger partial charge in [0.05, 0.1) is 0 Å². The molecule has 0 aliphatic rings. The molecule has 0 nitrogen and oxygen atoms in total. The van der Waals surface area contributed by atoms with Gasteiger partial charge in [-0.1, -0.05) is 194 Å². The molecule has 0 aromatic rings. The predicted octanol–water partition coefficient (Wildman–Crippen LogP) is 12.2. The Morgan fingerprint density at radius 2 is 0.516 bits per heavy atom. The van der Waals surface area contributed by atoms with E-state index in [4.69, 9.17) is 0 Å². The van der Waals surface area contributed by atoms with E-state index < -0.39 is 0 Å². The maximum Gasteiger partial charge on any atom is -0.0414 e. The normalized spacial score (nSPS) is 12.5. The van der Waals surface area contributed by atoms with Gasteiger partial charge in [0.1, 0.15) is 0 Å². The fourth-order valence-corrected chi connectivity index (χ4v) is 5.21. The Kier molecular flexibility index (Phi) is 28.0. The highest BCUT2D eigenvalue weighted by Crippen LogP contribution is 2.23. The van der Waals surface area contributed by atoms with Crippen LogP contribution >= 0.6 is 0 Å². The molecule has 0 N–H and O–H groups in total. The van der Waals surface area contributed by atoms with Gasteiger partial charge >= 0.3 is 0 Å². The zero-order chi connectivity index (χ0) is 22.7. The minimum Gasteiger partial charge on any atom is -0.0654 e. The zero-order valence-electron chi connectivity index (χ0n) is 22.7. The number of rotatable bonds is 27. The van der Waals surface area contributed by atoms with Gasteiger partial charge in [0, 0.05) is 0 Å². The maximum atomic E-state index is 2.38. The molecule has 0 amide bonds. The molecule has 0 aromatic carbocycles. The van der Waals surface area contributed by atoms with E-state index in [1.807, 2.05) is 0 Å². The monoisotopic (exact) mass is 437 g/mol. The van der Waals surface area contributed by atoms with Crippen LogP contribution in [0.25, 0.3) is 0 Å². The summed E-state index contributed by atoms with van der Waals surface area (Å²) >= 11 is 0. The summed E-state index contributed by atoms with van der Waals surface area (Å²) in [6.45, 7) is 7.00. The molecule has 0 heteroatoms. The van der Waals surface area contributed by atoms with E-state index in [1.54, 1.807) is 0 Å². The Morgan fingerprint density at radius 1 is 0.258 bits per heavy atom. The van der Waals surface area contributed by atoms with Gasteiger partial charge in [-0.3, -0.25) is 0 Å². The van der Waals surface area contributed by atoms with Crippen LogP contribution in [0.3, 0.4) is 0 Å². The van der Waals surface area contributed by atoms with Crippen LogP contribution in [0.15, 0.2) is 0 Å². The van der Waals surface area contributed by atoms with Crippen LogP contribution in [0.4, 0.5) is 0 Å². The van der Waals surface area contributed by atoms with Crippen LogP contribution in [0.5, 0.6) is 0 Å².